The Hall–Kier alpha value is -3.62. The minimum atomic E-state index is -4.66. The van der Waals surface area contributed by atoms with E-state index in [-0.39, 0.29) is 23.8 Å². The fourth-order valence-electron chi connectivity index (χ4n) is 3.50. The second-order valence-electron chi connectivity index (χ2n) is 7.16. The molecule has 0 fully saturated rings. The Bertz CT molecular complexity index is 1170. The molecule has 6 nitrogen and oxygen atoms in total. The van der Waals surface area contributed by atoms with E-state index in [1.54, 1.807) is 37.3 Å². The minimum absolute atomic E-state index is 0.0794. The minimum Gasteiger partial charge on any atom is -0.352 e. The number of nitrogens with one attached hydrogen (secondary N) is 2. The van der Waals surface area contributed by atoms with Crippen LogP contribution < -0.4 is 10.6 Å². The highest BCUT2D eigenvalue weighted by molar-refractivity contribution is 5.97. The average Bonchev–Trinajstić information content (AvgIpc) is 3.20. The maximum Gasteiger partial charge on any atom is 0.435 e. The zero-order valence-electron chi connectivity index (χ0n) is 16.6. The highest BCUT2D eigenvalue weighted by Gasteiger charge is 2.38. The van der Waals surface area contributed by atoms with E-state index in [9.17, 15) is 22.8 Å². The Morgan fingerprint density at radius 1 is 1.19 bits per heavy atom. The van der Waals surface area contributed by atoms with E-state index in [4.69, 9.17) is 0 Å². The summed E-state index contributed by atoms with van der Waals surface area (Å²) in [5.41, 5.74) is 1.25. The van der Waals surface area contributed by atoms with Gasteiger partial charge in [-0.15, -0.1) is 0 Å². The molecule has 2 amide bonds. The summed E-state index contributed by atoms with van der Waals surface area (Å²) in [6, 6.07) is 11.1. The van der Waals surface area contributed by atoms with Crippen molar-refractivity contribution < 1.29 is 22.8 Å². The molecule has 0 saturated heterocycles. The Morgan fingerprint density at radius 2 is 2.00 bits per heavy atom. The molecule has 160 valence electrons. The Balaban J connectivity index is 1.78. The second kappa shape index (κ2) is 7.90. The van der Waals surface area contributed by atoms with Crippen LogP contribution in [-0.4, -0.2) is 28.1 Å². The number of amides is 2. The zero-order valence-corrected chi connectivity index (χ0v) is 16.6. The first kappa shape index (κ1) is 20.6. The molecule has 1 aliphatic rings. The van der Waals surface area contributed by atoms with Gasteiger partial charge in [0.2, 0.25) is 5.91 Å². The predicted octanol–water partition coefficient (Wildman–Crippen LogP) is 4.19. The zero-order chi connectivity index (χ0) is 22.2. The Morgan fingerprint density at radius 3 is 2.74 bits per heavy atom. The SMILES string of the molecule is CCC(=O)Nc1cccc(-n2cc(-c3ccc4c(c3)CCNC4=O)c(C(F)(F)F)n2)c1. The molecule has 0 atom stereocenters. The van der Waals surface area contributed by atoms with Crippen molar-refractivity contribution in [2.75, 3.05) is 11.9 Å². The third-order valence-corrected chi connectivity index (χ3v) is 5.04. The van der Waals surface area contributed by atoms with E-state index in [2.05, 4.69) is 15.7 Å². The second-order valence-corrected chi connectivity index (χ2v) is 7.16. The predicted molar refractivity (Wildman–Crippen MR) is 109 cm³/mol. The fourth-order valence-corrected chi connectivity index (χ4v) is 3.50. The molecule has 0 bridgehead atoms. The summed E-state index contributed by atoms with van der Waals surface area (Å²) in [7, 11) is 0. The molecule has 4 rings (SSSR count). The van der Waals surface area contributed by atoms with Gasteiger partial charge in [-0.05, 0) is 41.8 Å². The van der Waals surface area contributed by atoms with Gasteiger partial charge in [0.1, 0.15) is 0 Å². The Labute approximate surface area is 176 Å². The van der Waals surface area contributed by atoms with Crippen LogP contribution in [0.2, 0.25) is 0 Å². The van der Waals surface area contributed by atoms with Crippen LogP contribution >= 0.6 is 0 Å². The first-order valence-corrected chi connectivity index (χ1v) is 9.75. The van der Waals surface area contributed by atoms with Crippen molar-refractivity contribution in [3.63, 3.8) is 0 Å². The number of hydrogen-bond donors (Lipinski definition) is 2. The quantitative estimate of drug-likeness (QED) is 0.654. The number of aromatic nitrogens is 2. The number of rotatable bonds is 4. The highest BCUT2D eigenvalue weighted by Crippen LogP contribution is 2.37. The summed E-state index contributed by atoms with van der Waals surface area (Å²) in [6.07, 6.45) is -2.52. The van der Waals surface area contributed by atoms with Crippen LogP contribution in [0.15, 0.2) is 48.7 Å². The third kappa shape index (κ3) is 4.16. The van der Waals surface area contributed by atoms with Gasteiger partial charge >= 0.3 is 6.18 Å². The topological polar surface area (TPSA) is 76.0 Å². The van der Waals surface area contributed by atoms with Crippen molar-refractivity contribution in [3.05, 3.63) is 65.5 Å². The number of anilines is 1. The lowest BCUT2D eigenvalue weighted by atomic mass is 9.95. The average molecular weight is 428 g/mol. The van der Waals surface area contributed by atoms with Gasteiger partial charge in [-0.1, -0.05) is 25.1 Å². The fraction of sp³-hybridized carbons (Fsp3) is 0.227. The van der Waals surface area contributed by atoms with Gasteiger partial charge < -0.3 is 10.6 Å². The van der Waals surface area contributed by atoms with Crippen molar-refractivity contribution in [2.45, 2.75) is 25.9 Å². The number of fused-ring (bicyclic) bond motifs is 1. The van der Waals surface area contributed by atoms with E-state index in [0.717, 1.165) is 4.68 Å². The van der Waals surface area contributed by atoms with Crippen LogP contribution in [0.1, 0.15) is 35.0 Å². The van der Waals surface area contributed by atoms with E-state index in [0.29, 0.717) is 41.0 Å². The first-order chi connectivity index (χ1) is 14.8. The van der Waals surface area contributed by atoms with Gasteiger partial charge in [-0.3, -0.25) is 9.59 Å². The van der Waals surface area contributed by atoms with E-state index >= 15 is 0 Å². The van der Waals surface area contributed by atoms with E-state index < -0.39 is 11.9 Å². The first-order valence-electron chi connectivity index (χ1n) is 9.75. The number of carbonyl (C=O) groups excluding carboxylic acids is 2. The van der Waals surface area contributed by atoms with Gasteiger partial charge in [0.15, 0.2) is 5.69 Å². The molecule has 0 spiro atoms. The maximum atomic E-state index is 13.8. The summed E-state index contributed by atoms with van der Waals surface area (Å²) in [5.74, 6) is -0.433. The molecule has 1 aromatic heterocycles. The summed E-state index contributed by atoms with van der Waals surface area (Å²) in [4.78, 5) is 23.6. The summed E-state index contributed by atoms with van der Waals surface area (Å²) in [6.45, 7) is 2.15. The number of carbonyl (C=O) groups is 2. The van der Waals surface area contributed by atoms with Gasteiger partial charge in [-0.2, -0.15) is 18.3 Å². The summed E-state index contributed by atoms with van der Waals surface area (Å²) in [5, 5.41) is 9.19. The molecular formula is C22H19F3N4O2. The number of nitrogens with zero attached hydrogens (tertiary/aromatic N) is 2. The lowest BCUT2D eigenvalue weighted by molar-refractivity contribution is -0.140. The smallest absolute Gasteiger partial charge is 0.352 e. The van der Waals surface area contributed by atoms with Crippen LogP contribution in [0.3, 0.4) is 0 Å². The molecule has 9 heteroatoms. The monoisotopic (exact) mass is 428 g/mol. The number of benzene rings is 2. The third-order valence-electron chi connectivity index (χ3n) is 5.04. The largest absolute Gasteiger partial charge is 0.435 e. The molecule has 31 heavy (non-hydrogen) atoms. The lowest BCUT2D eigenvalue weighted by Crippen LogP contribution is -2.31. The highest BCUT2D eigenvalue weighted by atomic mass is 19.4. The van der Waals surface area contributed by atoms with Crippen LogP contribution in [0.5, 0.6) is 0 Å². The lowest BCUT2D eigenvalue weighted by Gasteiger charge is -2.17. The molecule has 3 aromatic rings. The molecule has 0 unspecified atom stereocenters. The number of hydrogen-bond acceptors (Lipinski definition) is 3. The van der Waals surface area contributed by atoms with Crippen molar-refractivity contribution in [3.8, 4) is 16.8 Å². The van der Waals surface area contributed by atoms with Crippen molar-refractivity contribution in [2.24, 2.45) is 0 Å². The van der Waals surface area contributed by atoms with Crippen molar-refractivity contribution >= 4 is 17.5 Å². The molecule has 0 saturated carbocycles. The van der Waals surface area contributed by atoms with Crippen LogP contribution in [-0.2, 0) is 17.4 Å². The molecule has 0 radical (unpaired) electrons. The van der Waals surface area contributed by atoms with Gasteiger partial charge in [0.25, 0.3) is 5.91 Å². The molecule has 2 N–H and O–H groups in total. The van der Waals surface area contributed by atoms with Crippen LogP contribution in [0.25, 0.3) is 16.8 Å². The molecule has 2 aromatic carbocycles. The maximum absolute atomic E-state index is 13.8. The Kier molecular flexibility index (Phi) is 5.26. The molecule has 1 aliphatic heterocycles. The van der Waals surface area contributed by atoms with Gasteiger partial charge in [0, 0.05) is 36.0 Å². The van der Waals surface area contributed by atoms with Gasteiger partial charge in [-0.25, -0.2) is 4.68 Å². The van der Waals surface area contributed by atoms with Crippen LogP contribution in [0.4, 0.5) is 18.9 Å². The molecular weight excluding hydrogens is 409 g/mol. The van der Waals surface area contributed by atoms with Crippen molar-refractivity contribution in [1.29, 1.82) is 0 Å². The van der Waals surface area contributed by atoms with Crippen molar-refractivity contribution in [1.82, 2.24) is 15.1 Å². The summed E-state index contributed by atoms with van der Waals surface area (Å²) < 4.78 is 42.4. The summed E-state index contributed by atoms with van der Waals surface area (Å²) >= 11 is 0. The van der Waals surface area contributed by atoms with Crippen LogP contribution in [0, 0.1) is 0 Å². The standard InChI is InChI=1S/C22H19F3N4O2/c1-2-19(30)27-15-4-3-5-16(11-15)29-12-18(20(28-29)22(23,24)25)13-6-7-17-14(10-13)8-9-26-21(17)31/h3-7,10-12H,2,8-9H2,1H3,(H,26,31)(H,27,30). The normalized spacial score (nSPS) is 13.5. The number of halogens is 3. The number of alkyl halides is 3. The van der Waals surface area contributed by atoms with Gasteiger partial charge in [0.05, 0.1) is 5.69 Å². The van der Waals surface area contributed by atoms with E-state index in [1.165, 1.54) is 18.3 Å². The van der Waals surface area contributed by atoms with E-state index in [1.807, 2.05) is 0 Å². The molecule has 0 aliphatic carbocycles. The molecule has 2 heterocycles.